The Morgan fingerprint density at radius 3 is 2.36 bits per heavy atom. The molecule has 290 valence electrons. The summed E-state index contributed by atoms with van der Waals surface area (Å²) in [6.07, 6.45) is 9.25. The van der Waals surface area contributed by atoms with Crippen LogP contribution in [-0.4, -0.2) is 100 Å². The Bertz CT molecular complexity index is 2220. The van der Waals surface area contributed by atoms with Crippen LogP contribution >= 0.6 is 0 Å². The summed E-state index contributed by atoms with van der Waals surface area (Å²) in [7, 11) is 1.45. The van der Waals surface area contributed by atoms with Gasteiger partial charge in [-0.2, -0.15) is 9.97 Å². The molecule has 0 N–H and O–H groups in total. The molecule has 8 rings (SSSR count). The van der Waals surface area contributed by atoms with Gasteiger partial charge in [0.2, 0.25) is 11.6 Å². The molecule has 0 saturated carbocycles. The molecular weight excluding hydrogens is 720 g/mol. The smallest absolute Gasteiger partial charge is 0.415 e. The standard InChI is InChI=1S/C40H42F4N6O5/c1-6-26-29(41)10-9-24-17-25(54-23-52-5)18-27(30(24)26)32-31(42)33-28(19-45-32)34(47-35(46-33)53-22-38-11-7-15-49(38)16-8-12-38)48-20-39(43)13-14-40(44,21-48)50(39)36(51)55-37(2,3)4/h1,9-10,17-19H,7-8,11-16,20-23H2,2-5H3. The number of pyridine rings is 1. The molecule has 4 aliphatic heterocycles. The molecule has 4 aromatic rings. The second kappa shape index (κ2) is 13.4. The predicted molar refractivity (Wildman–Crippen MR) is 196 cm³/mol. The summed E-state index contributed by atoms with van der Waals surface area (Å²) in [6.45, 7) is 5.88. The molecular formula is C40H42F4N6O5. The summed E-state index contributed by atoms with van der Waals surface area (Å²) in [5, 5.41) is 0.731. The van der Waals surface area contributed by atoms with Gasteiger partial charge in [0, 0.05) is 37.1 Å². The summed E-state index contributed by atoms with van der Waals surface area (Å²) >= 11 is 0. The first kappa shape index (κ1) is 37.0. The number of fused-ring (bicyclic) bond motifs is 5. The molecule has 2 aromatic carbocycles. The maximum atomic E-state index is 17.3. The minimum atomic E-state index is -2.47. The number of benzene rings is 2. The largest absolute Gasteiger partial charge is 0.468 e. The first-order valence-electron chi connectivity index (χ1n) is 18.4. The molecule has 0 spiro atoms. The maximum Gasteiger partial charge on any atom is 0.415 e. The first-order valence-corrected chi connectivity index (χ1v) is 18.4. The third-order valence-corrected chi connectivity index (χ3v) is 11.1. The van der Waals surface area contributed by atoms with Crippen molar-refractivity contribution >= 4 is 33.6 Å². The minimum Gasteiger partial charge on any atom is -0.468 e. The number of rotatable bonds is 8. The van der Waals surface area contributed by atoms with E-state index in [-0.39, 0.29) is 82.5 Å². The summed E-state index contributed by atoms with van der Waals surface area (Å²) < 4.78 is 88.6. The Kier molecular flexibility index (Phi) is 9.00. The summed E-state index contributed by atoms with van der Waals surface area (Å²) in [5.41, 5.74) is -1.65. The molecule has 55 heavy (non-hydrogen) atoms. The Balaban J connectivity index is 1.27. The van der Waals surface area contributed by atoms with Crippen molar-refractivity contribution in [2.75, 3.05) is 51.6 Å². The summed E-state index contributed by atoms with van der Waals surface area (Å²) in [4.78, 5) is 31.2. The quantitative estimate of drug-likeness (QED) is 0.0788. The van der Waals surface area contributed by atoms with Gasteiger partial charge in [0.1, 0.15) is 40.8 Å². The molecule has 4 aliphatic rings. The number of terminal acetylenes is 1. The van der Waals surface area contributed by atoms with Crippen molar-refractivity contribution in [3.05, 3.63) is 47.7 Å². The third kappa shape index (κ3) is 6.33. The van der Waals surface area contributed by atoms with Crippen molar-refractivity contribution in [1.29, 1.82) is 0 Å². The van der Waals surface area contributed by atoms with Gasteiger partial charge in [-0.15, -0.1) is 6.42 Å². The Morgan fingerprint density at radius 2 is 1.71 bits per heavy atom. The highest BCUT2D eigenvalue weighted by Crippen LogP contribution is 2.50. The SMILES string of the molecule is C#Cc1c(F)ccc2cc(OCOC)cc(-c3ncc4c(N5CC6(F)CCC(F)(C5)N6C(=O)OC(C)(C)C)nc(OCC56CCCN5CCC6)nc4c3F)c12. The fourth-order valence-electron chi connectivity index (χ4n) is 8.82. The number of alkyl halides is 2. The normalized spacial score (nSPS) is 23.3. The van der Waals surface area contributed by atoms with E-state index in [1.54, 1.807) is 26.8 Å². The predicted octanol–water partition coefficient (Wildman–Crippen LogP) is 7.28. The summed E-state index contributed by atoms with van der Waals surface area (Å²) in [5.74, 6) is -3.90. The number of hydrogen-bond acceptors (Lipinski definition) is 10. The fourth-order valence-corrected chi connectivity index (χ4v) is 8.82. The van der Waals surface area contributed by atoms with Gasteiger partial charge < -0.3 is 23.8 Å². The van der Waals surface area contributed by atoms with Crippen LogP contribution in [0, 0.1) is 24.0 Å². The highest BCUT2D eigenvalue weighted by Gasteiger charge is 2.65. The average molecular weight is 763 g/mol. The molecule has 2 aromatic heterocycles. The highest BCUT2D eigenvalue weighted by molar-refractivity contribution is 6.03. The number of ether oxygens (including phenoxy) is 4. The molecule has 4 saturated heterocycles. The van der Waals surface area contributed by atoms with Crippen molar-refractivity contribution in [3.63, 3.8) is 0 Å². The molecule has 11 nitrogen and oxygen atoms in total. The molecule has 2 atom stereocenters. The van der Waals surface area contributed by atoms with Gasteiger partial charge in [-0.3, -0.25) is 9.88 Å². The second-order valence-electron chi connectivity index (χ2n) is 15.9. The van der Waals surface area contributed by atoms with E-state index >= 15 is 17.6 Å². The topological polar surface area (TPSA) is 102 Å². The van der Waals surface area contributed by atoms with Crippen molar-refractivity contribution in [2.24, 2.45) is 0 Å². The van der Waals surface area contributed by atoms with Crippen LogP contribution in [0.2, 0.25) is 0 Å². The molecule has 2 unspecified atom stereocenters. The van der Waals surface area contributed by atoms with Gasteiger partial charge in [0.25, 0.3) is 0 Å². The molecule has 4 fully saturated rings. The van der Waals surface area contributed by atoms with Crippen LogP contribution in [0.5, 0.6) is 11.8 Å². The van der Waals surface area contributed by atoms with Gasteiger partial charge in [-0.1, -0.05) is 12.0 Å². The first-order chi connectivity index (χ1) is 26.2. The van der Waals surface area contributed by atoms with Gasteiger partial charge in [0.15, 0.2) is 12.6 Å². The fraction of sp³-hybridized carbons (Fsp3) is 0.500. The lowest BCUT2D eigenvalue weighted by atomic mass is 9.95. The van der Waals surface area contributed by atoms with Gasteiger partial charge in [-0.05, 0) is 83.1 Å². The van der Waals surface area contributed by atoms with Crippen LogP contribution in [0.4, 0.5) is 28.2 Å². The lowest BCUT2D eigenvalue weighted by molar-refractivity contribution is -0.115. The number of piperazine rings is 1. The molecule has 1 amide bonds. The van der Waals surface area contributed by atoms with E-state index in [4.69, 9.17) is 25.4 Å². The number of carbonyl (C=O) groups is 1. The lowest BCUT2D eigenvalue weighted by Gasteiger charge is -2.47. The Hall–Kier alpha value is -4.94. The monoisotopic (exact) mass is 762 g/mol. The van der Waals surface area contributed by atoms with Crippen LogP contribution in [0.3, 0.4) is 0 Å². The number of amides is 1. The average Bonchev–Trinajstić information content (AvgIpc) is 3.76. The van der Waals surface area contributed by atoms with E-state index in [0.29, 0.717) is 10.3 Å². The van der Waals surface area contributed by atoms with Gasteiger partial charge in [0.05, 0.1) is 29.6 Å². The van der Waals surface area contributed by atoms with E-state index < -0.39 is 48.0 Å². The number of halogens is 4. The number of nitrogens with zero attached hydrogens (tertiary/aromatic N) is 6. The Morgan fingerprint density at radius 1 is 1.00 bits per heavy atom. The number of methoxy groups -OCH3 is 1. The molecule has 15 heteroatoms. The maximum absolute atomic E-state index is 17.3. The number of aromatic nitrogens is 3. The van der Waals surface area contributed by atoms with E-state index in [2.05, 4.69) is 25.8 Å². The molecule has 0 aliphatic carbocycles. The van der Waals surface area contributed by atoms with Crippen LogP contribution in [0.25, 0.3) is 32.9 Å². The Labute approximate surface area is 315 Å². The molecule has 6 heterocycles. The highest BCUT2D eigenvalue weighted by atomic mass is 19.2. The molecule has 0 radical (unpaired) electrons. The van der Waals surface area contributed by atoms with E-state index in [1.165, 1.54) is 36.4 Å². The van der Waals surface area contributed by atoms with Crippen LogP contribution < -0.4 is 14.4 Å². The molecule has 2 bridgehead atoms. The zero-order chi connectivity index (χ0) is 38.9. The minimum absolute atomic E-state index is 0.0164. The number of anilines is 1. The lowest BCUT2D eigenvalue weighted by Crippen LogP contribution is -2.66. The zero-order valence-corrected chi connectivity index (χ0v) is 31.2. The zero-order valence-electron chi connectivity index (χ0n) is 31.2. The van der Waals surface area contributed by atoms with Gasteiger partial charge >= 0.3 is 12.1 Å². The third-order valence-electron chi connectivity index (χ3n) is 11.1. The van der Waals surface area contributed by atoms with Crippen molar-refractivity contribution in [3.8, 4) is 35.4 Å². The van der Waals surface area contributed by atoms with Crippen LogP contribution in [-0.2, 0) is 9.47 Å². The van der Waals surface area contributed by atoms with Crippen molar-refractivity contribution < 1.29 is 41.3 Å². The van der Waals surface area contributed by atoms with Crippen LogP contribution in [0.1, 0.15) is 64.9 Å². The van der Waals surface area contributed by atoms with Crippen LogP contribution in [0.15, 0.2) is 30.5 Å². The van der Waals surface area contributed by atoms with Crippen molar-refractivity contribution in [1.82, 2.24) is 24.8 Å². The van der Waals surface area contributed by atoms with E-state index in [1.807, 2.05) is 0 Å². The van der Waals surface area contributed by atoms with E-state index in [0.717, 1.165) is 38.8 Å². The number of carbonyl (C=O) groups excluding carboxylic acids is 1. The van der Waals surface area contributed by atoms with Crippen molar-refractivity contribution in [2.45, 2.75) is 82.0 Å². The second-order valence-corrected chi connectivity index (χ2v) is 15.9. The van der Waals surface area contributed by atoms with Gasteiger partial charge in [-0.25, -0.2) is 27.3 Å². The van der Waals surface area contributed by atoms with E-state index in [9.17, 15) is 4.79 Å². The summed E-state index contributed by atoms with van der Waals surface area (Å²) in [6, 6.07) is 5.64. The number of hydrogen-bond donors (Lipinski definition) is 0.